The molecular weight excluding hydrogens is 451 g/mol. The van der Waals surface area contributed by atoms with E-state index in [2.05, 4.69) is 42.9 Å². The molecule has 0 aliphatic carbocycles. The van der Waals surface area contributed by atoms with Gasteiger partial charge in [-0.25, -0.2) is 0 Å². The van der Waals surface area contributed by atoms with Crippen LogP contribution in [0.25, 0.3) is 0 Å². The van der Waals surface area contributed by atoms with Crippen LogP contribution in [-0.4, -0.2) is 74.8 Å². The maximum Gasteiger partial charge on any atom is 0.193 e. The van der Waals surface area contributed by atoms with E-state index in [1.54, 1.807) is 0 Å². The molecule has 0 bridgehead atoms. The third-order valence-corrected chi connectivity index (χ3v) is 5.76. The van der Waals surface area contributed by atoms with Crippen molar-refractivity contribution < 1.29 is 4.74 Å². The summed E-state index contributed by atoms with van der Waals surface area (Å²) in [6, 6.07) is 0.593. The normalized spacial score (nSPS) is 20.6. The minimum Gasteiger partial charge on any atom is -0.381 e. The van der Waals surface area contributed by atoms with Crippen LogP contribution in [0.5, 0.6) is 0 Å². The zero-order valence-corrected chi connectivity index (χ0v) is 20.4. The van der Waals surface area contributed by atoms with Crippen molar-refractivity contribution >= 4 is 29.9 Å². The molecule has 2 aliphatic rings. The summed E-state index contributed by atoms with van der Waals surface area (Å²) in [7, 11) is 2.19. The Hall–Kier alpha value is -0.0800. The van der Waals surface area contributed by atoms with Gasteiger partial charge in [-0.05, 0) is 70.4 Å². The van der Waals surface area contributed by atoms with Gasteiger partial charge in [-0.2, -0.15) is 0 Å². The summed E-state index contributed by atoms with van der Waals surface area (Å²) in [5.41, 5.74) is 0. The fourth-order valence-corrected chi connectivity index (χ4v) is 4.17. The highest BCUT2D eigenvalue weighted by Gasteiger charge is 2.23. The SMILES string of the molecule is CCNC(=NCC(CC(C)C)N1CCCC1)N(C)CCC1CCOCC1.I. The summed E-state index contributed by atoms with van der Waals surface area (Å²) in [6.45, 7) is 14.1. The van der Waals surface area contributed by atoms with Crippen molar-refractivity contribution in [1.82, 2.24) is 15.1 Å². The standard InChI is InChI=1S/C21H42N4O.HI/c1-5-22-21(24(4)13-8-19-9-14-26-15-10-19)23-17-20(16-18(2)3)25-11-6-7-12-25;/h18-20H,5-17H2,1-4H3,(H,22,23);1H. The van der Waals surface area contributed by atoms with Gasteiger partial charge in [-0.3, -0.25) is 9.89 Å². The van der Waals surface area contributed by atoms with E-state index < -0.39 is 0 Å². The fraction of sp³-hybridized carbons (Fsp3) is 0.952. The summed E-state index contributed by atoms with van der Waals surface area (Å²) in [5, 5.41) is 3.50. The van der Waals surface area contributed by atoms with Gasteiger partial charge in [0.25, 0.3) is 0 Å². The molecule has 160 valence electrons. The van der Waals surface area contributed by atoms with E-state index in [1.165, 1.54) is 51.6 Å². The lowest BCUT2D eigenvalue weighted by Gasteiger charge is -2.29. The van der Waals surface area contributed by atoms with E-state index in [0.29, 0.717) is 6.04 Å². The molecule has 0 aromatic carbocycles. The number of nitrogens with one attached hydrogen (secondary N) is 1. The number of hydrogen-bond donors (Lipinski definition) is 1. The topological polar surface area (TPSA) is 40.1 Å². The number of aliphatic imine (C=N–C) groups is 1. The van der Waals surface area contributed by atoms with Gasteiger partial charge in [-0.1, -0.05) is 13.8 Å². The van der Waals surface area contributed by atoms with Gasteiger partial charge < -0.3 is 15.0 Å². The molecule has 0 saturated carbocycles. The molecule has 2 heterocycles. The highest BCUT2D eigenvalue weighted by atomic mass is 127. The van der Waals surface area contributed by atoms with Crippen LogP contribution in [0.2, 0.25) is 0 Å². The van der Waals surface area contributed by atoms with Crippen molar-refractivity contribution in [3.05, 3.63) is 0 Å². The Kier molecular flexibility index (Phi) is 12.9. The summed E-state index contributed by atoms with van der Waals surface area (Å²) < 4.78 is 5.48. The van der Waals surface area contributed by atoms with E-state index in [4.69, 9.17) is 9.73 Å². The second-order valence-corrected chi connectivity index (χ2v) is 8.49. The number of hydrogen-bond acceptors (Lipinski definition) is 3. The van der Waals surface area contributed by atoms with Crippen LogP contribution >= 0.6 is 24.0 Å². The zero-order chi connectivity index (χ0) is 18.8. The van der Waals surface area contributed by atoms with Gasteiger partial charge in [0.05, 0.1) is 6.54 Å². The molecule has 0 spiro atoms. The van der Waals surface area contributed by atoms with E-state index in [-0.39, 0.29) is 24.0 Å². The smallest absolute Gasteiger partial charge is 0.193 e. The Morgan fingerprint density at radius 1 is 1.22 bits per heavy atom. The van der Waals surface area contributed by atoms with E-state index in [9.17, 15) is 0 Å². The number of likely N-dealkylation sites (tertiary alicyclic amines) is 1. The van der Waals surface area contributed by atoms with Crippen molar-refractivity contribution in [3.8, 4) is 0 Å². The molecule has 0 aromatic rings. The van der Waals surface area contributed by atoms with Crippen LogP contribution in [0, 0.1) is 11.8 Å². The summed E-state index contributed by atoms with van der Waals surface area (Å²) in [6.07, 6.45) is 7.62. The molecule has 2 saturated heterocycles. The monoisotopic (exact) mass is 494 g/mol. The predicted octanol–water partition coefficient (Wildman–Crippen LogP) is 3.83. The molecule has 0 radical (unpaired) electrons. The first kappa shape index (κ1) is 25.0. The summed E-state index contributed by atoms with van der Waals surface area (Å²) >= 11 is 0. The first-order valence-electron chi connectivity index (χ1n) is 10.9. The lowest BCUT2D eigenvalue weighted by molar-refractivity contribution is 0.0625. The average molecular weight is 495 g/mol. The van der Waals surface area contributed by atoms with Crippen molar-refractivity contribution in [2.75, 3.05) is 53.0 Å². The largest absolute Gasteiger partial charge is 0.381 e. The molecule has 1 unspecified atom stereocenters. The van der Waals surface area contributed by atoms with Gasteiger partial charge >= 0.3 is 0 Å². The molecule has 5 nitrogen and oxygen atoms in total. The number of ether oxygens (including phenoxy) is 1. The Morgan fingerprint density at radius 2 is 1.89 bits per heavy atom. The lowest BCUT2D eigenvalue weighted by Crippen LogP contribution is -2.42. The summed E-state index contributed by atoms with van der Waals surface area (Å²) in [4.78, 5) is 10.0. The second-order valence-electron chi connectivity index (χ2n) is 8.49. The minimum absolute atomic E-state index is 0. The summed E-state index contributed by atoms with van der Waals surface area (Å²) in [5.74, 6) is 2.62. The molecule has 0 aromatic heterocycles. The Morgan fingerprint density at radius 3 is 2.48 bits per heavy atom. The zero-order valence-electron chi connectivity index (χ0n) is 18.1. The van der Waals surface area contributed by atoms with Crippen molar-refractivity contribution in [2.45, 2.75) is 65.3 Å². The predicted molar refractivity (Wildman–Crippen MR) is 126 cm³/mol. The van der Waals surface area contributed by atoms with Crippen LogP contribution in [0.3, 0.4) is 0 Å². The van der Waals surface area contributed by atoms with E-state index in [1.807, 2.05) is 0 Å². The minimum atomic E-state index is 0. The maximum absolute atomic E-state index is 5.48. The van der Waals surface area contributed by atoms with E-state index >= 15 is 0 Å². The molecule has 2 rings (SSSR count). The van der Waals surface area contributed by atoms with Gasteiger partial charge in [0.15, 0.2) is 5.96 Å². The van der Waals surface area contributed by atoms with Crippen LogP contribution in [0.4, 0.5) is 0 Å². The highest BCUT2D eigenvalue weighted by Crippen LogP contribution is 2.19. The molecule has 27 heavy (non-hydrogen) atoms. The lowest BCUT2D eigenvalue weighted by atomic mass is 9.96. The van der Waals surface area contributed by atoms with Gasteiger partial charge in [-0.15, -0.1) is 24.0 Å². The van der Waals surface area contributed by atoms with E-state index in [0.717, 1.165) is 50.6 Å². The quantitative estimate of drug-likeness (QED) is 0.301. The number of nitrogens with zero attached hydrogens (tertiary/aromatic N) is 3. The molecule has 2 fully saturated rings. The van der Waals surface area contributed by atoms with Crippen LogP contribution in [-0.2, 0) is 4.74 Å². The number of guanidine groups is 1. The molecule has 2 aliphatic heterocycles. The first-order chi connectivity index (χ1) is 12.6. The van der Waals surface area contributed by atoms with Gasteiger partial charge in [0.1, 0.15) is 0 Å². The van der Waals surface area contributed by atoms with Crippen LogP contribution in [0.15, 0.2) is 4.99 Å². The molecular formula is C21H43IN4O. The molecule has 0 amide bonds. The van der Waals surface area contributed by atoms with Gasteiger partial charge in [0.2, 0.25) is 0 Å². The maximum atomic E-state index is 5.48. The van der Waals surface area contributed by atoms with Crippen molar-refractivity contribution in [2.24, 2.45) is 16.8 Å². The van der Waals surface area contributed by atoms with Gasteiger partial charge in [0, 0.05) is 39.4 Å². The Bertz CT molecular complexity index is 407. The van der Waals surface area contributed by atoms with Crippen LogP contribution in [0.1, 0.15) is 59.3 Å². The Balaban J connectivity index is 0.00000364. The molecule has 6 heteroatoms. The average Bonchev–Trinajstić information content (AvgIpc) is 3.17. The van der Waals surface area contributed by atoms with Crippen molar-refractivity contribution in [1.29, 1.82) is 0 Å². The molecule has 1 N–H and O–H groups in total. The fourth-order valence-electron chi connectivity index (χ4n) is 4.17. The number of rotatable bonds is 9. The number of halogens is 1. The third-order valence-electron chi connectivity index (χ3n) is 5.76. The van der Waals surface area contributed by atoms with Crippen molar-refractivity contribution in [3.63, 3.8) is 0 Å². The second kappa shape index (κ2) is 14.0. The van der Waals surface area contributed by atoms with Crippen LogP contribution < -0.4 is 5.32 Å². The highest BCUT2D eigenvalue weighted by molar-refractivity contribution is 14.0. The molecule has 1 atom stereocenters. The first-order valence-corrected chi connectivity index (χ1v) is 10.9. The third kappa shape index (κ3) is 9.31. The Labute approximate surface area is 184 Å².